The van der Waals surface area contributed by atoms with Crippen LogP contribution >= 0.6 is 0 Å². The van der Waals surface area contributed by atoms with Crippen LogP contribution in [0.1, 0.15) is 25.1 Å². The van der Waals surface area contributed by atoms with Gasteiger partial charge in [-0.15, -0.1) is 0 Å². The average molecular weight is 256 g/mol. The van der Waals surface area contributed by atoms with Crippen LogP contribution in [-0.2, 0) is 4.74 Å². The predicted octanol–water partition coefficient (Wildman–Crippen LogP) is -1.13. The summed E-state index contributed by atoms with van der Waals surface area (Å²) >= 11 is 0. The molecule has 0 aliphatic carbocycles. The number of H-pyrrole nitrogens is 1. The summed E-state index contributed by atoms with van der Waals surface area (Å²) in [6, 6.07) is 0. The van der Waals surface area contributed by atoms with E-state index in [1.807, 2.05) is 0 Å². The summed E-state index contributed by atoms with van der Waals surface area (Å²) in [6.45, 7) is 3.19. The zero-order valence-electron chi connectivity index (χ0n) is 10.2. The molecular weight excluding hydrogens is 240 g/mol. The van der Waals surface area contributed by atoms with Gasteiger partial charge in [0.05, 0.1) is 12.2 Å². The Morgan fingerprint density at radius 1 is 1.44 bits per heavy atom. The molecule has 0 saturated carbocycles. The van der Waals surface area contributed by atoms with Crippen LogP contribution in [0.5, 0.6) is 0 Å². The van der Waals surface area contributed by atoms with Gasteiger partial charge in [-0.25, -0.2) is 4.79 Å². The van der Waals surface area contributed by atoms with Gasteiger partial charge in [-0.1, -0.05) is 0 Å². The monoisotopic (exact) mass is 256 g/mol. The van der Waals surface area contributed by atoms with E-state index < -0.39 is 35.8 Å². The highest BCUT2D eigenvalue weighted by Gasteiger charge is 2.35. The summed E-state index contributed by atoms with van der Waals surface area (Å²) in [5.41, 5.74) is -0.654. The lowest BCUT2D eigenvalue weighted by Crippen LogP contribution is -2.47. The maximum atomic E-state index is 11.7. The Hall–Kier alpha value is -1.44. The van der Waals surface area contributed by atoms with Crippen molar-refractivity contribution in [2.45, 2.75) is 44.8 Å². The molecule has 4 atom stereocenters. The van der Waals surface area contributed by atoms with E-state index in [0.717, 1.165) is 0 Å². The van der Waals surface area contributed by atoms with Gasteiger partial charge in [0.1, 0.15) is 12.3 Å². The number of rotatable bonds is 1. The first-order valence-corrected chi connectivity index (χ1v) is 5.74. The summed E-state index contributed by atoms with van der Waals surface area (Å²) in [6.07, 6.45) is -1.72. The van der Waals surface area contributed by atoms with Crippen molar-refractivity contribution in [1.29, 1.82) is 0 Å². The molecule has 0 aromatic carbocycles. The van der Waals surface area contributed by atoms with E-state index in [-0.39, 0.29) is 6.42 Å². The van der Waals surface area contributed by atoms with E-state index in [2.05, 4.69) is 4.98 Å². The number of aliphatic hydroxyl groups is 2. The third-order valence-corrected chi connectivity index (χ3v) is 3.15. The van der Waals surface area contributed by atoms with Crippen molar-refractivity contribution in [2.75, 3.05) is 0 Å². The fraction of sp³-hybridized carbons (Fsp3) is 0.636. The molecule has 1 aromatic rings. The summed E-state index contributed by atoms with van der Waals surface area (Å²) in [5, 5.41) is 19.2. The van der Waals surface area contributed by atoms with E-state index in [1.165, 1.54) is 10.8 Å². The Morgan fingerprint density at radius 2 is 2.11 bits per heavy atom. The lowest BCUT2D eigenvalue weighted by atomic mass is 10.0. The molecule has 0 radical (unpaired) electrons. The maximum Gasteiger partial charge on any atom is 0.330 e. The number of aryl methyl sites for hydroxylation is 1. The van der Waals surface area contributed by atoms with Crippen molar-refractivity contribution in [3.05, 3.63) is 32.6 Å². The standard InChI is InChI=1S/C11H16N2O5/c1-5-4-13(11(17)12-10(5)16)8-3-7(14)9(15)6(2)18-8/h4,6-9,14-15H,3H2,1-2H3,(H,12,16,17)/t6-,7+,8-,9+/m0/s1. The first-order valence-electron chi connectivity index (χ1n) is 5.74. The fourth-order valence-electron chi connectivity index (χ4n) is 2.02. The Balaban J connectivity index is 2.36. The summed E-state index contributed by atoms with van der Waals surface area (Å²) in [7, 11) is 0. The lowest BCUT2D eigenvalue weighted by Gasteiger charge is -2.36. The number of nitrogens with one attached hydrogen (secondary N) is 1. The fourth-order valence-corrected chi connectivity index (χ4v) is 2.02. The van der Waals surface area contributed by atoms with Crippen LogP contribution in [0.3, 0.4) is 0 Å². The lowest BCUT2D eigenvalue weighted by molar-refractivity contribution is -0.185. The molecule has 1 aliphatic heterocycles. The number of ether oxygens (including phenoxy) is 1. The molecule has 0 amide bonds. The largest absolute Gasteiger partial charge is 0.390 e. The molecular formula is C11H16N2O5. The van der Waals surface area contributed by atoms with Gasteiger partial charge >= 0.3 is 5.69 Å². The number of aliphatic hydroxyl groups excluding tert-OH is 2. The minimum absolute atomic E-state index is 0.0941. The summed E-state index contributed by atoms with van der Waals surface area (Å²) in [5.74, 6) is 0. The van der Waals surface area contributed by atoms with Crippen molar-refractivity contribution in [3.63, 3.8) is 0 Å². The number of hydrogen-bond acceptors (Lipinski definition) is 5. The van der Waals surface area contributed by atoms with Crippen LogP contribution in [-0.4, -0.2) is 38.1 Å². The number of hydrogen-bond donors (Lipinski definition) is 3. The second-order valence-corrected chi connectivity index (χ2v) is 4.57. The first kappa shape index (κ1) is 13.0. The van der Waals surface area contributed by atoms with Gasteiger partial charge < -0.3 is 14.9 Å². The van der Waals surface area contributed by atoms with Gasteiger partial charge in [0.25, 0.3) is 5.56 Å². The van der Waals surface area contributed by atoms with Crippen molar-refractivity contribution in [2.24, 2.45) is 0 Å². The summed E-state index contributed by atoms with van der Waals surface area (Å²) in [4.78, 5) is 25.1. The Morgan fingerprint density at radius 3 is 2.72 bits per heavy atom. The van der Waals surface area contributed by atoms with E-state index >= 15 is 0 Å². The summed E-state index contributed by atoms with van der Waals surface area (Å²) < 4.78 is 6.69. The Labute approximate surface area is 103 Å². The highest BCUT2D eigenvalue weighted by atomic mass is 16.5. The molecule has 3 N–H and O–H groups in total. The zero-order chi connectivity index (χ0) is 13.4. The van der Waals surface area contributed by atoms with E-state index in [0.29, 0.717) is 5.56 Å². The van der Waals surface area contributed by atoms with Crippen LogP contribution in [0.2, 0.25) is 0 Å². The van der Waals surface area contributed by atoms with Gasteiger partial charge in [0.15, 0.2) is 0 Å². The number of aromatic nitrogens is 2. The third kappa shape index (κ3) is 2.24. The highest BCUT2D eigenvalue weighted by molar-refractivity contribution is 5.01. The van der Waals surface area contributed by atoms with Crippen molar-refractivity contribution >= 4 is 0 Å². The van der Waals surface area contributed by atoms with Gasteiger partial charge in [0, 0.05) is 18.2 Å². The second-order valence-electron chi connectivity index (χ2n) is 4.57. The molecule has 0 bridgehead atoms. The van der Waals surface area contributed by atoms with Gasteiger partial charge in [0.2, 0.25) is 0 Å². The number of aromatic amines is 1. The van der Waals surface area contributed by atoms with Crippen molar-refractivity contribution < 1.29 is 14.9 Å². The van der Waals surface area contributed by atoms with Crippen LogP contribution in [0, 0.1) is 6.92 Å². The minimum atomic E-state index is -0.971. The van der Waals surface area contributed by atoms with E-state index in [1.54, 1.807) is 13.8 Å². The highest BCUT2D eigenvalue weighted by Crippen LogP contribution is 2.26. The molecule has 2 heterocycles. The van der Waals surface area contributed by atoms with Crippen LogP contribution in [0.15, 0.2) is 15.8 Å². The molecule has 18 heavy (non-hydrogen) atoms. The number of nitrogens with zero attached hydrogens (tertiary/aromatic N) is 1. The molecule has 2 rings (SSSR count). The van der Waals surface area contributed by atoms with Crippen molar-refractivity contribution in [3.8, 4) is 0 Å². The third-order valence-electron chi connectivity index (χ3n) is 3.15. The van der Waals surface area contributed by atoms with Crippen LogP contribution < -0.4 is 11.2 Å². The predicted molar refractivity (Wildman–Crippen MR) is 62.3 cm³/mol. The Kier molecular flexibility index (Phi) is 3.38. The Bertz CT molecular complexity index is 537. The molecule has 1 fully saturated rings. The molecule has 100 valence electrons. The molecule has 0 spiro atoms. The van der Waals surface area contributed by atoms with Crippen LogP contribution in [0.4, 0.5) is 0 Å². The first-order chi connectivity index (χ1) is 8.40. The second kappa shape index (κ2) is 4.68. The molecule has 1 saturated heterocycles. The van der Waals surface area contributed by atoms with E-state index in [9.17, 15) is 19.8 Å². The van der Waals surface area contributed by atoms with Gasteiger partial charge in [-0.05, 0) is 13.8 Å². The quantitative estimate of drug-likeness (QED) is 0.590. The molecule has 7 heteroatoms. The topological polar surface area (TPSA) is 105 Å². The molecule has 1 aliphatic rings. The normalized spacial score (nSPS) is 32.4. The smallest absolute Gasteiger partial charge is 0.330 e. The average Bonchev–Trinajstić information content (AvgIpc) is 2.30. The van der Waals surface area contributed by atoms with E-state index in [4.69, 9.17) is 4.74 Å². The van der Waals surface area contributed by atoms with Gasteiger partial charge in [-0.3, -0.25) is 14.3 Å². The molecule has 1 aromatic heterocycles. The minimum Gasteiger partial charge on any atom is -0.390 e. The zero-order valence-corrected chi connectivity index (χ0v) is 10.2. The molecule has 0 unspecified atom stereocenters. The maximum absolute atomic E-state index is 11.7. The van der Waals surface area contributed by atoms with Gasteiger partial charge in [-0.2, -0.15) is 0 Å². The van der Waals surface area contributed by atoms with Crippen molar-refractivity contribution in [1.82, 2.24) is 9.55 Å². The van der Waals surface area contributed by atoms with Crippen LogP contribution in [0.25, 0.3) is 0 Å². The SMILES string of the molecule is Cc1cn([C@@H]2C[C@@H](O)[C@H](O)[C@H](C)O2)c(=O)[nH]c1=O. The molecule has 7 nitrogen and oxygen atoms in total.